The fourth-order valence-corrected chi connectivity index (χ4v) is 2.17. The fourth-order valence-electron chi connectivity index (χ4n) is 2.17. The number of hydrogen-bond donors (Lipinski definition) is 0. The highest BCUT2D eigenvalue weighted by Gasteiger charge is 2.27. The minimum Gasteiger partial charge on any atom is -0.297 e. The van der Waals surface area contributed by atoms with Crippen LogP contribution >= 0.6 is 0 Å². The summed E-state index contributed by atoms with van der Waals surface area (Å²) >= 11 is 0. The van der Waals surface area contributed by atoms with Gasteiger partial charge in [-0.2, -0.15) is 0 Å². The first kappa shape index (κ1) is 8.59. The van der Waals surface area contributed by atoms with Crippen LogP contribution in [0.15, 0.2) is 24.3 Å². The third-order valence-corrected chi connectivity index (χ3v) is 2.94. The summed E-state index contributed by atoms with van der Waals surface area (Å²) in [6, 6.07) is 7.66. The van der Waals surface area contributed by atoms with Crippen molar-refractivity contribution < 1.29 is 4.79 Å². The van der Waals surface area contributed by atoms with Gasteiger partial charge in [0.1, 0.15) is 11.6 Å². The molecular weight excluding hydrogens is 190 g/mol. The molecule has 0 radical (unpaired) electrons. The van der Waals surface area contributed by atoms with Crippen LogP contribution in [-0.2, 0) is 4.79 Å². The van der Waals surface area contributed by atoms with Crippen molar-refractivity contribution in [1.29, 1.82) is 0 Å². The second kappa shape index (κ2) is 3.15. The Labute approximate surface area is 86.9 Å². The number of para-hydroxylation sites is 1. The molecule has 15 heavy (non-hydrogen) atoms. The van der Waals surface area contributed by atoms with E-state index in [0.29, 0.717) is 6.42 Å². The summed E-state index contributed by atoms with van der Waals surface area (Å²) in [4.78, 5) is 11.6. The molecule has 76 valence electrons. The van der Waals surface area contributed by atoms with Crippen LogP contribution < -0.4 is 0 Å². The fraction of sp³-hybridized carbons (Fsp3) is 0.364. The molecule has 2 aromatic rings. The molecule has 4 heteroatoms. The van der Waals surface area contributed by atoms with Gasteiger partial charge in [0.15, 0.2) is 5.78 Å². The quantitative estimate of drug-likeness (QED) is 0.705. The molecule has 0 spiro atoms. The maximum Gasteiger partial charge on any atom is 0.157 e. The molecule has 1 aromatic carbocycles. The van der Waals surface area contributed by atoms with Crippen molar-refractivity contribution in [3.8, 4) is 0 Å². The van der Waals surface area contributed by atoms with Gasteiger partial charge in [0.25, 0.3) is 0 Å². The van der Waals surface area contributed by atoms with Crippen LogP contribution in [0.25, 0.3) is 11.0 Å². The van der Waals surface area contributed by atoms with Gasteiger partial charge >= 0.3 is 0 Å². The van der Waals surface area contributed by atoms with Crippen molar-refractivity contribution in [2.24, 2.45) is 0 Å². The number of Topliss-reactive ketones (excluding diaryl/α,β-unsaturated/α-hetero) is 1. The van der Waals surface area contributed by atoms with Gasteiger partial charge in [-0.25, -0.2) is 4.68 Å². The van der Waals surface area contributed by atoms with Gasteiger partial charge in [-0.15, -0.1) is 5.10 Å². The molecular formula is C11H11N3O. The van der Waals surface area contributed by atoms with Crippen LogP contribution in [0.3, 0.4) is 0 Å². The summed E-state index contributed by atoms with van der Waals surface area (Å²) < 4.78 is 1.77. The minimum absolute atomic E-state index is 0.0857. The molecule has 1 aliphatic carbocycles. The number of carbonyl (C=O) groups is 1. The van der Waals surface area contributed by atoms with E-state index in [4.69, 9.17) is 0 Å². The summed E-state index contributed by atoms with van der Waals surface area (Å²) in [5.41, 5.74) is 1.81. The van der Waals surface area contributed by atoms with Gasteiger partial charge < -0.3 is 0 Å². The second-order valence-corrected chi connectivity index (χ2v) is 3.90. The highest BCUT2D eigenvalue weighted by Crippen LogP contribution is 2.27. The van der Waals surface area contributed by atoms with Gasteiger partial charge in [0.2, 0.25) is 0 Å². The summed E-state index contributed by atoms with van der Waals surface area (Å²) in [5.74, 6) is 0.283. The van der Waals surface area contributed by atoms with Crippen LogP contribution in [0, 0.1) is 0 Å². The number of aromatic nitrogens is 3. The number of ketones is 1. The highest BCUT2D eigenvalue weighted by molar-refractivity contribution is 5.86. The molecule has 0 aliphatic heterocycles. The smallest absolute Gasteiger partial charge is 0.157 e. The van der Waals surface area contributed by atoms with Crippen LogP contribution in [0.5, 0.6) is 0 Å². The van der Waals surface area contributed by atoms with Crippen molar-refractivity contribution >= 4 is 16.8 Å². The van der Waals surface area contributed by atoms with E-state index in [-0.39, 0.29) is 11.8 Å². The Morgan fingerprint density at radius 1 is 1.33 bits per heavy atom. The van der Waals surface area contributed by atoms with Crippen molar-refractivity contribution in [1.82, 2.24) is 15.0 Å². The normalized spacial score (nSPS) is 21.3. The SMILES string of the molecule is O=C1CCC[C@@H]1n1nnc2ccccc21. The van der Waals surface area contributed by atoms with Crippen LogP contribution in [0.4, 0.5) is 0 Å². The number of carbonyl (C=O) groups excluding carboxylic acids is 1. The van der Waals surface area contributed by atoms with Crippen molar-refractivity contribution in [2.75, 3.05) is 0 Å². The molecule has 4 nitrogen and oxygen atoms in total. The molecule has 1 atom stereocenters. The third-order valence-electron chi connectivity index (χ3n) is 2.94. The zero-order valence-electron chi connectivity index (χ0n) is 8.26. The Hall–Kier alpha value is -1.71. The second-order valence-electron chi connectivity index (χ2n) is 3.90. The Morgan fingerprint density at radius 2 is 2.20 bits per heavy atom. The molecule has 0 unspecified atom stereocenters. The molecule has 1 fully saturated rings. The lowest BCUT2D eigenvalue weighted by Crippen LogP contribution is -2.14. The standard InChI is InChI=1S/C11H11N3O/c15-11-7-3-6-10(11)14-9-5-2-1-4-8(9)12-13-14/h1-2,4-5,10H,3,6-7H2/t10-/m0/s1. The summed E-state index contributed by atoms with van der Waals surface area (Å²) in [5, 5.41) is 8.13. The molecule has 0 amide bonds. The molecule has 0 N–H and O–H groups in total. The number of nitrogens with zero attached hydrogens (tertiary/aromatic N) is 3. The summed E-state index contributed by atoms with van der Waals surface area (Å²) in [6.45, 7) is 0. The summed E-state index contributed by atoms with van der Waals surface area (Å²) in [7, 11) is 0. The Bertz CT molecular complexity index is 517. The van der Waals surface area contributed by atoms with Gasteiger partial charge in [0.05, 0.1) is 5.52 Å². The van der Waals surface area contributed by atoms with Gasteiger partial charge in [-0.1, -0.05) is 17.3 Å². The van der Waals surface area contributed by atoms with Crippen LogP contribution in [0.1, 0.15) is 25.3 Å². The van der Waals surface area contributed by atoms with Gasteiger partial charge in [-0.3, -0.25) is 4.79 Å². The van der Waals surface area contributed by atoms with E-state index in [1.807, 2.05) is 24.3 Å². The van der Waals surface area contributed by atoms with E-state index in [1.54, 1.807) is 4.68 Å². The van der Waals surface area contributed by atoms with E-state index in [9.17, 15) is 4.79 Å². The van der Waals surface area contributed by atoms with E-state index in [1.165, 1.54) is 0 Å². The first-order valence-corrected chi connectivity index (χ1v) is 5.19. The van der Waals surface area contributed by atoms with Crippen molar-refractivity contribution in [3.05, 3.63) is 24.3 Å². The van der Waals surface area contributed by atoms with E-state index in [0.717, 1.165) is 23.9 Å². The lowest BCUT2D eigenvalue weighted by atomic mass is 10.2. The average molecular weight is 201 g/mol. The van der Waals surface area contributed by atoms with E-state index in [2.05, 4.69) is 10.3 Å². The van der Waals surface area contributed by atoms with E-state index < -0.39 is 0 Å². The molecule has 0 saturated heterocycles. The number of benzene rings is 1. The van der Waals surface area contributed by atoms with Crippen LogP contribution in [-0.4, -0.2) is 20.8 Å². The predicted molar refractivity (Wildman–Crippen MR) is 55.4 cm³/mol. The maximum absolute atomic E-state index is 11.6. The zero-order valence-corrected chi connectivity index (χ0v) is 8.26. The van der Waals surface area contributed by atoms with E-state index >= 15 is 0 Å². The van der Waals surface area contributed by atoms with Gasteiger partial charge in [-0.05, 0) is 25.0 Å². The van der Waals surface area contributed by atoms with Crippen molar-refractivity contribution in [3.63, 3.8) is 0 Å². The number of rotatable bonds is 1. The monoisotopic (exact) mass is 201 g/mol. The first-order chi connectivity index (χ1) is 7.36. The minimum atomic E-state index is -0.0857. The number of fused-ring (bicyclic) bond motifs is 1. The highest BCUT2D eigenvalue weighted by atomic mass is 16.1. The Kier molecular flexibility index (Phi) is 1.80. The largest absolute Gasteiger partial charge is 0.297 e. The predicted octanol–water partition coefficient (Wildman–Crippen LogP) is 1.73. The zero-order chi connectivity index (χ0) is 10.3. The van der Waals surface area contributed by atoms with Crippen molar-refractivity contribution in [2.45, 2.75) is 25.3 Å². The molecule has 1 aliphatic rings. The summed E-state index contributed by atoms with van der Waals surface area (Å²) in [6.07, 6.45) is 2.54. The Morgan fingerprint density at radius 3 is 3.00 bits per heavy atom. The lowest BCUT2D eigenvalue weighted by Gasteiger charge is -2.07. The molecule has 1 heterocycles. The topological polar surface area (TPSA) is 47.8 Å². The van der Waals surface area contributed by atoms with Gasteiger partial charge in [0, 0.05) is 6.42 Å². The molecule has 0 bridgehead atoms. The Balaban J connectivity index is 2.14. The van der Waals surface area contributed by atoms with Crippen LogP contribution in [0.2, 0.25) is 0 Å². The molecule has 1 saturated carbocycles. The third kappa shape index (κ3) is 1.25. The lowest BCUT2D eigenvalue weighted by molar-refractivity contribution is -0.120. The molecule has 1 aromatic heterocycles. The average Bonchev–Trinajstić information content (AvgIpc) is 2.83. The molecule has 3 rings (SSSR count). The number of hydrogen-bond acceptors (Lipinski definition) is 3. The first-order valence-electron chi connectivity index (χ1n) is 5.19. The maximum atomic E-state index is 11.6.